The van der Waals surface area contributed by atoms with Gasteiger partial charge in [0.1, 0.15) is 12.9 Å². The fraction of sp³-hybridized carbons (Fsp3) is 0.700. The highest BCUT2D eigenvalue weighted by molar-refractivity contribution is 4.84. The lowest BCUT2D eigenvalue weighted by Crippen LogP contribution is -2.19. The summed E-state index contributed by atoms with van der Waals surface area (Å²) in [6, 6.07) is 0. The number of rotatable bonds is 6. The van der Waals surface area contributed by atoms with Crippen LogP contribution in [0.15, 0.2) is 6.33 Å². The van der Waals surface area contributed by atoms with Gasteiger partial charge in [0, 0.05) is 0 Å². The van der Waals surface area contributed by atoms with Crippen LogP contribution in [0.25, 0.3) is 0 Å². The molecule has 0 spiro atoms. The molecule has 0 saturated heterocycles. The predicted octanol–water partition coefficient (Wildman–Crippen LogP) is -0.404. The summed E-state index contributed by atoms with van der Waals surface area (Å²) in [4.78, 5) is 5.65. The summed E-state index contributed by atoms with van der Waals surface area (Å²) < 4.78 is 1.71. The van der Waals surface area contributed by atoms with Gasteiger partial charge in [-0.2, -0.15) is 9.90 Å². The molecule has 18 heavy (non-hydrogen) atoms. The molecular weight excluding hydrogens is 232 g/mol. The van der Waals surface area contributed by atoms with Crippen molar-refractivity contribution in [2.45, 2.75) is 26.9 Å². The van der Waals surface area contributed by atoms with Gasteiger partial charge >= 0.3 is 0 Å². The molecule has 0 aliphatic heterocycles. The van der Waals surface area contributed by atoms with E-state index in [0.29, 0.717) is 24.8 Å². The van der Waals surface area contributed by atoms with Gasteiger partial charge in [0.15, 0.2) is 11.6 Å². The second-order valence-electron chi connectivity index (χ2n) is 4.58. The predicted molar refractivity (Wildman–Crippen MR) is 64.5 cm³/mol. The normalized spacial score (nSPS) is 11.3. The third-order valence-corrected chi connectivity index (χ3v) is 2.27. The van der Waals surface area contributed by atoms with Crippen molar-refractivity contribution in [2.75, 3.05) is 6.54 Å². The summed E-state index contributed by atoms with van der Waals surface area (Å²) in [5, 5.41) is 19.4. The molecule has 1 N–H and O–H groups in total. The zero-order valence-electron chi connectivity index (χ0n) is 10.9. The van der Waals surface area contributed by atoms with Crippen molar-refractivity contribution >= 4 is 0 Å². The maximum atomic E-state index is 4.34. The van der Waals surface area contributed by atoms with E-state index in [4.69, 9.17) is 0 Å². The first kappa shape index (κ1) is 12.6. The average Bonchev–Trinajstić information content (AvgIpc) is 2.89. The van der Waals surface area contributed by atoms with Gasteiger partial charge in [0.25, 0.3) is 0 Å². The number of tetrazole rings is 1. The second-order valence-corrected chi connectivity index (χ2v) is 4.58. The quantitative estimate of drug-likeness (QED) is 0.750. The molecule has 8 nitrogen and oxygen atoms in total. The van der Waals surface area contributed by atoms with E-state index in [-0.39, 0.29) is 0 Å². The van der Waals surface area contributed by atoms with E-state index in [0.717, 1.165) is 12.4 Å². The van der Waals surface area contributed by atoms with Crippen LogP contribution < -0.4 is 5.32 Å². The lowest BCUT2D eigenvalue weighted by Gasteiger charge is -2.04. The van der Waals surface area contributed by atoms with E-state index < -0.39 is 0 Å². The topological polar surface area (TPSA) is 86.3 Å². The van der Waals surface area contributed by atoms with Crippen LogP contribution in [-0.4, -0.2) is 41.5 Å². The Kier molecular flexibility index (Phi) is 3.98. The molecular formula is C10H18N8. The number of hydrogen-bond acceptors (Lipinski definition) is 6. The van der Waals surface area contributed by atoms with Crippen molar-refractivity contribution in [1.29, 1.82) is 0 Å². The molecule has 0 bridgehead atoms. The van der Waals surface area contributed by atoms with E-state index in [2.05, 4.69) is 44.7 Å². The van der Waals surface area contributed by atoms with Gasteiger partial charge in [-0.3, -0.25) is 0 Å². The molecule has 0 saturated carbocycles. The minimum Gasteiger partial charge on any atom is -0.310 e. The third-order valence-electron chi connectivity index (χ3n) is 2.27. The standard InChI is InChI=1S/C10H18N8/c1-8(2)4-11-5-9-12-7-18(15-9)6-10-13-16-17(3)14-10/h7-8,11H,4-6H2,1-3H3. The van der Waals surface area contributed by atoms with Crippen molar-refractivity contribution in [1.82, 2.24) is 40.3 Å². The molecule has 0 aliphatic carbocycles. The molecule has 2 aromatic heterocycles. The van der Waals surface area contributed by atoms with Crippen LogP contribution in [0.4, 0.5) is 0 Å². The number of nitrogens with one attached hydrogen (secondary N) is 1. The lowest BCUT2D eigenvalue weighted by molar-refractivity contribution is 0.538. The lowest BCUT2D eigenvalue weighted by atomic mass is 10.2. The molecule has 98 valence electrons. The minimum absolute atomic E-state index is 0.491. The first-order valence-corrected chi connectivity index (χ1v) is 5.95. The van der Waals surface area contributed by atoms with Gasteiger partial charge in [-0.25, -0.2) is 9.67 Å². The Morgan fingerprint density at radius 3 is 2.78 bits per heavy atom. The number of nitrogens with zero attached hydrogens (tertiary/aromatic N) is 7. The first-order chi connectivity index (χ1) is 8.63. The van der Waals surface area contributed by atoms with Crippen LogP contribution in [0.2, 0.25) is 0 Å². The summed E-state index contributed by atoms with van der Waals surface area (Å²) in [7, 11) is 1.74. The van der Waals surface area contributed by atoms with Crippen LogP contribution in [0.3, 0.4) is 0 Å². The molecule has 0 atom stereocenters. The Bertz CT molecular complexity index is 486. The van der Waals surface area contributed by atoms with Crippen molar-refractivity contribution in [3.8, 4) is 0 Å². The third kappa shape index (κ3) is 3.59. The molecule has 2 heterocycles. The number of aromatic nitrogens is 7. The largest absolute Gasteiger partial charge is 0.310 e. The summed E-state index contributed by atoms with van der Waals surface area (Å²) in [6.07, 6.45) is 1.68. The molecule has 0 amide bonds. The Morgan fingerprint density at radius 1 is 1.28 bits per heavy atom. The van der Waals surface area contributed by atoms with Gasteiger partial charge < -0.3 is 5.32 Å². The second kappa shape index (κ2) is 5.67. The Labute approximate surface area is 105 Å². The van der Waals surface area contributed by atoms with Crippen molar-refractivity contribution in [3.63, 3.8) is 0 Å². The van der Waals surface area contributed by atoms with Gasteiger partial charge in [0.05, 0.1) is 13.6 Å². The zero-order chi connectivity index (χ0) is 13.0. The SMILES string of the molecule is CC(C)CNCc1ncn(Cc2nnn(C)n2)n1. The van der Waals surface area contributed by atoms with Crippen molar-refractivity contribution < 1.29 is 0 Å². The molecule has 0 fully saturated rings. The van der Waals surface area contributed by atoms with Crippen LogP contribution in [0.5, 0.6) is 0 Å². The first-order valence-electron chi connectivity index (χ1n) is 5.95. The van der Waals surface area contributed by atoms with E-state index in [1.807, 2.05) is 0 Å². The summed E-state index contributed by atoms with van der Waals surface area (Å²) in [5.41, 5.74) is 0. The Balaban J connectivity index is 1.86. The van der Waals surface area contributed by atoms with E-state index in [9.17, 15) is 0 Å². The molecule has 0 radical (unpaired) electrons. The van der Waals surface area contributed by atoms with Crippen LogP contribution in [0.1, 0.15) is 25.5 Å². The van der Waals surface area contributed by atoms with Crippen LogP contribution >= 0.6 is 0 Å². The smallest absolute Gasteiger partial charge is 0.196 e. The van der Waals surface area contributed by atoms with Gasteiger partial charge in [0.2, 0.25) is 0 Å². The summed E-state index contributed by atoms with van der Waals surface area (Å²) in [5.74, 6) is 2.03. The van der Waals surface area contributed by atoms with Crippen LogP contribution in [0, 0.1) is 5.92 Å². The average molecular weight is 250 g/mol. The minimum atomic E-state index is 0.491. The molecule has 0 aliphatic rings. The highest BCUT2D eigenvalue weighted by Gasteiger charge is 2.05. The number of aryl methyl sites for hydroxylation is 1. The molecule has 0 unspecified atom stereocenters. The van der Waals surface area contributed by atoms with Crippen molar-refractivity contribution in [2.24, 2.45) is 13.0 Å². The molecule has 2 aromatic rings. The monoisotopic (exact) mass is 250 g/mol. The summed E-state index contributed by atoms with van der Waals surface area (Å²) >= 11 is 0. The molecule has 0 aromatic carbocycles. The highest BCUT2D eigenvalue weighted by Crippen LogP contribution is 1.95. The van der Waals surface area contributed by atoms with E-state index in [1.54, 1.807) is 18.1 Å². The van der Waals surface area contributed by atoms with Gasteiger partial charge in [-0.05, 0) is 17.7 Å². The highest BCUT2D eigenvalue weighted by atomic mass is 15.6. The molecule has 8 heteroatoms. The molecule has 2 rings (SSSR count). The Hall–Kier alpha value is -1.83. The maximum absolute atomic E-state index is 4.34. The van der Waals surface area contributed by atoms with Crippen LogP contribution in [-0.2, 0) is 20.1 Å². The fourth-order valence-corrected chi connectivity index (χ4v) is 1.49. The van der Waals surface area contributed by atoms with Gasteiger partial charge in [-0.15, -0.1) is 10.2 Å². The number of hydrogen-bond donors (Lipinski definition) is 1. The van der Waals surface area contributed by atoms with E-state index in [1.165, 1.54) is 4.80 Å². The van der Waals surface area contributed by atoms with E-state index >= 15 is 0 Å². The fourth-order valence-electron chi connectivity index (χ4n) is 1.49. The van der Waals surface area contributed by atoms with Gasteiger partial charge in [-0.1, -0.05) is 13.8 Å². The Morgan fingerprint density at radius 2 is 2.11 bits per heavy atom. The van der Waals surface area contributed by atoms with Crippen molar-refractivity contribution in [3.05, 3.63) is 18.0 Å². The summed E-state index contributed by atoms with van der Waals surface area (Å²) in [6.45, 7) is 6.46. The zero-order valence-corrected chi connectivity index (χ0v) is 10.9. The maximum Gasteiger partial charge on any atom is 0.196 e.